The van der Waals surface area contributed by atoms with Gasteiger partial charge in [0.15, 0.2) is 0 Å². The maximum atomic E-state index is 4.25. The number of benzene rings is 1. The van der Waals surface area contributed by atoms with E-state index in [9.17, 15) is 0 Å². The van der Waals surface area contributed by atoms with E-state index in [2.05, 4.69) is 41.6 Å². The van der Waals surface area contributed by atoms with Crippen LogP contribution in [0.2, 0.25) is 0 Å². The molecule has 1 fully saturated rings. The Morgan fingerprint density at radius 1 is 1.24 bits per heavy atom. The maximum Gasteiger partial charge on any atom is 0.0659 e. The zero-order chi connectivity index (χ0) is 14.5. The predicted molar refractivity (Wildman–Crippen MR) is 87.4 cm³/mol. The Labute approximate surface area is 127 Å². The normalized spacial score (nSPS) is 22.1. The minimum absolute atomic E-state index is 0.653. The first-order valence-electron chi connectivity index (χ1n) is 8.16. The number of hydrogen-bond acceptors (Lipinski definition) is 2. The molecule has 112 valence electrons. The maximum absolute atomic E-state index is 4.25. The van der Waals surface area contributed by atoms with Gasteiger partial charge in [-0.05, 0) is 42.5 Å². The SMILES string of the molecule is CCC1CCCC(Nc2ccc(Cn3cccn3)cc2)C1. The molecule has 0 amide bonds. The van der Waals surface area contributed by atoms with Crippen LogP contribution >= 0.6 is 0 Å². The van der Waals surface area contributed by atoms with E-state index < -0.39 is 0 Å². The van der Waals surface area contributed by atoms with Crippen LogP contribution in [0.15, 0.2) is 42.7 Å². The molecule has 1 N–H and O–H groups in total. The second kappa shape index (κ2) is 6.79. The van der Waals surface area contributed by atoms with E-state index in [0.717, 1.165) is 12.5 Å². The molecule has 1 aromatic carbocycles. The van der Waals surface area contributed by atoms with Crippen molar-refractivity contribution in [3.63, 3.8) is 0 Å². The summed E-state index contributed by atoms with van der Waals surface area (Å²) in [6.07, 6.45) is 10.6. The Hall–Kier alpha value is -1.77. The van der Waals surface area contributed by atoms with Crippen molar-refractivity contribution >= 4 is 5.69 Å². The Morgan fingerprint density at radius 3 is 2.81 bits per heavy atom. The van der Waals surface area contributed by atoms with E-state index in [4.69, 9.17) is 0 Å². The Bertz CT molecular complexity index is 530. The molecule has 1 saturated carbocycles. The summed E-state index contributed by atoms with van der Waals surface area (Å²) in [5, 5.41) is 7.96. The fraction of sp³-hybridized carbons (Fsp3) is 0.500. The van der Waals surface area contributed by atoms with Gasteiger partial charge in [-0.1, -0.05) is 38.3 Å². The molecule has 0 saturated heterocycles. The van der Waals surface area contributed by atoms with Crippen LogP contribution in [0.1, 0.15) is 44.6 Å². The first kappa shape index (κ1) is 14.2. The van der Waals surface area contributed by atoms with Crippen LogP contribution < -0.4 is 5.32 Å². The van der Waals surface area contributed by atoms with Crippen LogP contribution in [0.5, 0.6) is 0 Å². The topological polar surface area (TPSA) is 29.9 Å². The van der Waals surface area contributed by atoms with Crippen molar-refractivity contribution in [2.24, 2.45) is 5.92 Å². The van der Waals surface area contributed by atoms with Gasteiger partial charge in [0.05, 0.1) is 6.54 Å². The molecule has 2 aromatic rings. The third-order valence-corrected chi connectivity index (χ3v) is 4.59. The van der Waals surface area contributed by atoms with E-state index in [1.807, 2.05) is 23.1 Å². The molecule has 3 rings (SSSR count). The van der Waals surface area contributed by atoms with Crippen molar-refractivity contribution in [1.82, 2.24) is 9.78 Å². The fourth-order valence-electron chi connectivity index (χ4n) is 3.32. The van der Waals surface area contributed by atoms with Crippen LogP contribution in [0.25, 0.3) is 0 Å². The summed E-state index contributed by atoms with van der Waals surface area (Å²) in [7, 11) is 0. The minimum Gasteiger partial charge on any atom is -0.382 e. The summed E-state index contributed by atoms with van der Waals surface area (Å²) in [6.45, 7) is 3.16. The van der Waals surface area contributed by atoms with Gasteiger partial charge in [-0.2, -0.15) is 5.10 Å². The average molecular weight is 283 g/mol. The van der Waals surface area contributed by atoms with Gasteiger partial charge in [-0.25, -0.2) is 0 Å². The predicted octanol–water partition coefficient (Wildman–Crippen LogP) is 4.31. The molecule has 0 aliphatic heterocycles. The summed E-state index contributed by atoms with van der Waals surface area (Å²) in [5.74, 6) is 0.912. The van der Waals surface area contributed by atoms with Gasteiger partial charge in [0.25, 0.3) is 0 Å². The Morgan fingerprint density at radius 2 is 2.10 bits per heavy atom. The highest BCUT2D eigenvalue weighted by Crippen LogP contribution is 2.28. The van der Waals surface area contributed by atoms with Crippen molar-refractivity contribution in [3.05, 3.63) is 48.3 Å². The molecule has 1 heterocycles. The number of aromatic nitrogens is 2. The summed E-state index contributed by atoms with van der Waals surface area (Å²) >= 11 is 0. The highest BCUT2D eigenvalue weighted by atomic mass is 15.3. The van der Waals surface area contributed by atoms with E-state index >= 15 is 0 Å². The lowest BCUT2D eigenvalue weighted by molar-refractivity contribution is 0.327. The highest BCUT2D eigenvalue weighted by Gasteiger charge is 2.20. The molecule has 1 aromatic heterocycles. The van der Waals surface area contributed by atoms with Gasteiger partial charge in [-0.3, -0.25) is 4.68 Å². The lowest BCUT2D eigenvalue weighted by Crippen LogP contribution is -2.27. The number of rotatable bonds is 5. The highest BCUT2D eigenvalue weighted by molar-refractivity contribution is 5.45. The van der Waals surface area contributed by atoms with Crippen molar-refractivity contribution in [1.29, 1.82) is 0 Å². The Balaban J connectivity index is 1.56. The van der Waals surface area contributed by atoms with Crippen molar-refractivity contribution in [2.45, 2.75) is 51.6 Å². The van der Waals surface area contributed by atoms with Gasteiger partial charge in [0.2, 0.25) is 0 Å². The van der Waals surface area contributed by atoms with Gasteiger partial charge < -0.3 is 5.32 Å². The van der Waals surface area contributed by atoms with Gasteiger partial charge in [0, 0.05) is 24.1 Å². The quantitative estimate of drug-likeness (QED) is 0.886. The van der Waals surface area contributed by atoms with E-state index in [1.165, 1.54) is 43.4 Å². The number of nitrogens with one attached hydrogen (secondary N) is 1. The number of nitrogens with zero attached hydrogens (tertiary/aromatic N) is 2. The van der Waals surface area contributed by atoms with Crippen LogP contribution in [0.3, 0.4) is 0 Å². The van der Waals surface area contributed by atoms with Gasteiger partial charge in [-0.15, -0.1) is 0 Å². The van der Waals surface area contributed by atoms with Crippen LogP contribution in [0, 0.1) is 5.92 Å². The summed E-state index contributed by atoms with van der Waals surface area (Å²) in [6, 6.07) is 11.4. The molecule has 0 bridgehead atoms. The molecular formula is C18H25N3. The van der Waals surface area contributed by atoms with E-state index in [-0.39, 0.29) is 0 Å². The second-order valence-corrected chi connectivity index (χ2v) is 6.18. The van der Waals surface area contributed by atoms with Crippen molar-refractivity contribution in [3.8, 4) is 0 Å². The average Bonchev–Trinajstić information content (AvgIpc) is 3.02. The van der Waals surface area contributed by atoms with Crippen molar-refractivity contribution < 1.29 is 0 Å². The van der Waals surface area contributed by atoms with E-state index in [1.54, 1.807) is 0 Å². The lowest BCUT2D eigenvalue weighted by Gasteiger charge is -2.29. The molecule has 0 radical (unpaired) electrons. The third kappa shape index (κ3) is 3.87. The largest absolute Gasteiger partial charge is 0.382 e. The van der Waals surface area contributed by atoms with E-state index in [0.29, 0.717) is 6.04 Å². The smallest absolute Gasteiger partial charge is 0.0659 e. The molecule has 3 nitrogen and oxygen atoms in total. The zero-order valence-corrected chi connectivity index (χ0v) is 12.8. The third-order valence-electron chi connectivity index (χ3n) is 4.59. The van der Waals surface area contributed by atoms with Crippen LogP contribution in [-0.4, -0.2) is 15.8 Å². The van der Waals surface area contributed by atoms with Gasteiger partial charge >= 0.3 is 0 Å². The second-order valence-electron chi connectivity index (χ2n) is 6.18. The molecule has 1 aliphatic carbocycles. The fourth-order valence-corrected chi connectivity index (χ4v) is 3.32. The Kier molecular flexibility index (Phi) is 4.59. The molecule has 21 heavy (non-hydrogen) atoms. The van der Waals surface area contributed by atoms with Crippen molar-refractivity contribution in [2.75, 3.05) is 5.32 Å². The first-order valence-corrected chi connectivity index (χ1v) is 8.16. The molecule has 2 atom stereocenters. The number of hydrogen-bond donors (Lipinski definition) is 1. The molecule has 2 unspecified atom stereocenters. The van der Waals surface area contributed by atoms with Gasteiger partial charge in [0.1, 0.15) is 0 Å². The molecular weight excluding hydrogens is 258 g/mol. The molecule has 0 spiro atoms. The van der Waals surface area contributed by atoms with Crippen LogP contribution in [0.4, 0.5) is 5.69 Å². The lowest BCUT2D eigenvalue weighted by atomic mass is 9.84. The summed E-state index contributed by atoms with van der Waals surface area (Å²) < 4.78 is 1.95. The molecule has 1 aliphatic rings. The van der Waals surface area contributed by atoms with Crippen LogP contribution in [-0.2, 0) is 6.54 Å². The minimum atomic E-state index is 0.653. The standard InChI is InChI=1S/C18H25N3/c1-2-15-5-3-6-18(13-15)20-17-9-7-16(8-10-17)14-21-12-4-11-19-21/h4,7-12,15,18,20H,2-3,5-6,13-14H2,1H3. The summed E-state index contributed by atoms with van der Waals surface area (Å²) in [4.78, 5) is 0. The summed E-state index contributed by atoms with van der Waals surface area (Å²) in [5.41, 5.74) is 2.54. The first-order chi connectivity index (χ1) is 10.3. The monoisotopic (exact) mass is 283 g/mol. The number of anilines is 1. The molecule has 3 heteroatoms. The zero-order valence-electron chi connectivity index (χ0n) is 12.8.